The second-order valence-electron chi connectivity index (χ2n) is 5.99. The van der Waals surface area contributed by atoms with Crippen LogP contribution >= 0.6 is 0 Å². The molecule has 1 N–H and O–H groups in total. The Morgan fingerprint density at radius 3 is 2.72 bits per heavy atom. The van der Waals surface area contributed by atoms with Crippen molar-refractivity contribution in [2.24, 2.45) is 5.92 Å². The number of piperidine rings is 1. The van der Waals surface area contributed by atoms with E-state index in [-0.39, 0.29) is 5.25 Å². The molecule has 2 saturated heterocycles. The number of hydrogen-bond acceptors (Lipinski definition) is 4. The van der Waals surface area contributed by atoms with Crippen LogP contribution in [0.3, 0.4) is 0 Å². The summed E-state index contributed by atoms with van der Waals surface area (Å²) >= 11 is 0. The maximum absolute atomic E-state index is 11.8. The molecule has 2 aliphatic heterocycles. The highest BCUT2D eigenvalue weighted by Crippen LogP contribution is 2.21. The minimum absolute atomic E-state index is 0.138. The molecule has 0 aliphatic carbocycles. The Kier molecular flexibility index (Phi) is 4.67. The SMILES string of the molecule is CC(NCC1CCCS1(=O)=O)C1CCCN(C)C1. The smallest absolute Gasteiger partial charge is 0.154 e. The fraction of sp³-hybridized carbons (Fsp3) is 1.00. The van der Waals surface area contributed by atoms with Gasteiger partial charge in [0.2, 0.25) is 0 Å². The number of nitrogens with zero attached hydrogens (tertiary/aromatic N) is 1. The number of hydrogen-bond donors (Lipinski definition) is 1. The summed E-state index contributed by atoms with van der Waals surface area (Å²) in [7, 11) is -0.630. The maximum Gasteiger partial charge on any atom is 0.154 e. The molecular formula is C13H26N2O2S. The van der Waals surface area contributed by atoms with Crippen LogP contribution in [0.4, 0.5) is 0 Å². The zero-order valence-electron chi connectivity index (χ0n) is 11.6. The zero-order valence-corrected chi connectivity index (χ0v) is 12.4. The zero-order chi connectivity index (χ0) is 13.2. The quantitative estimate of drug-likeness (QED) is 0.827. The molecule has 0 aromatic carbocycles. The third-order valence-electron chi connectivity index (χ3n) is 4.50. The fourth-order valence-electron chi connectivity index (χ4n) is 3.19. The number of nitrogens with one attached hydrogen (secondary N) is 1. The van der Waals surface area contributed by atoms with Crippen LogP contribution in [-0.2, 0) is 9.84 Å². The topological polar surface area (TPSA) is 49.4 Å². The molecule has 4 nitrogen and oxygen atoms in total. The molecule has 3 atom stereocenters. The molecule has 0 aromatic heterocycles. The van der Waals surface area contributed by atoms with E-state index in [1.54, 1.807) is 0 Å². The van der Waals surface area contributed by atoms with Gasteiger partial charge in [-0.3, -0.25) is 0 Å². The van der Waals surface area contributed by atoms with E-state index in [1.807, 2.05) is 0 Å². The Morgan fingerprint density at radius 1 is 1.33 bits per heavy atom. The molecule has 0 amide bonds. The second kappa shape index (κ2) is 5.88. The van der Waals surface area contributed by atoms with E-state index in [1.165, 1.54) is 19.4 Å². The lowest BCUT2D eigenvalue weighted by atomic mass is 9.92. The van der Waals surface area contributed by atoms with Gasteiger partial charge in [-0.25, -0.2) is 8.42 Å². The van der Waals surface area contributed by atoms with E-state index >= 15 is 0 Å². The van der Waals surface area contributed by atoms with E-state index in [9.17, 15) is 8.42 Å². The van der Waals surface area contributed by atoms with Crippen LogP contribution in [-0.4, -0.2) is 57.0 Å². The highest BCUT2D eigenvalue weighted by atomic mass is 32.2. The molecule has 2 fully saturated rings. The highest BCUT2D eigenvalue weighted by Gasteiger charge is 2.32. The molecule has 5 heteroatoms. The lowest BCUT2D eigenvalue weighted by molar-refractivity contribution is 0.179. The van der Waals surface area contributed by atoms with Crippen LogP contribution in [0.5, 0.6) is 0 Å². The van der Waals surface area contributed by atoms with Crippen molar-refractivity contribution in [1.82, 2.24) is 10.2 Å². The lowest BCUT2D eigenvalue weighted by Crippen LogP contribution is -2.45. The first-order valence-electron chi connectivity index (χ1n) is 7.12. The van der Waals surface area contributed by atoms with E-state index in [0.29, 0.717) is 24.3 Å². The molecule has 0 saturated carbocycles. The van der Waals surface area contributed by atoms with Crippen molar-refractivity contribution >= 4 is 9.84 Å². The molecule has 3 unspecified atom stereocenters. The normalized spacial score (nSPS) is 34.6. The van der Waals surface area contributed by atoms with Crippen molar-refractivity contribution < 1.29 is 8.42 Å². The summed E-state index contributed by atoms with van der Waals surface area (Å²) in [6, 6.07) is 0.420. The summed E-state index contributed by atoms with van der Waals surface area (Å²) in [5.41, 5.74) is 0. The molecule has 0 bridgehead atoms. The summed E-state index contributed by atoms with van der Waals surface area (Å²) < 4.78 is 23.5. The van der Waals surface area contributed by atoms with Gasteiger partial charge in [-0.2, -0.15) is 0 Å². The monoisotopic (exact) mass is 274 g/mol. The predicted octanol–water partition coefficient (Wildman–Crippen LogP) is 0.884. The molecule has 2 aliphatic rings. The van der Waals surface area contributed by atoms with Crippen LogP contribution in [0, 0.1) is 5.92 Å². The number of likely N-dealkylation sites (tertiary alicyclic amines) is 1. The molecule has 106 valence electrons. The standard InChI is InChI=1S/C13H26N2O2S/c1-11(12-5-3-7-15(2)10-12)14-9-13-6-4-8-18(13,16)17/h11-14H,3-10H2,1-2H3. The minimum atomic E-state index is -2.80. The van der Waals surface area contributed by atoms with Gasteiger partial charge in [0.25, 0.3) is 0 Å². The maximum atomic E-state index is 11.8. The lowest BCUT2D eigenvalue weighted by Gasteiger charge is -2.34. The highest BCUT2D eigenvalue weighted by molar-refractivity contribution is 7.92. The largest absolute Gasteiger partial charge is 0.313 e. The van der Waals surface area contributed by atoms with Crippen LogP contribution in [0.25, 0.3) is 0 Å². The van der Waals surface area contributed by atoms with Crippen LogP contribution in [0.1, 0.15) is 32.6 Å². The van der Waals surface area contributed by atoms with E-state index < -0.39 is 9.84 Å². The minimum Gasteiger partial charge on any atom is -0.313 e. The van der Waals surface area contributed by atoms with E-state index in [2.05, 4.69) is 24.2 Å². The average Bonchev–Trinajstić information content (AvgIpc) is 2.65. The van der Waals surface area contributed by atoms with Gasteiger partial charge in [-0.1, -0.05) is 0 Å². The van der Waals surface area contributed by atoms with Crippen LogP contribution in [0.15, 0.2) is 0 Å². The Labute approximate surface area is 111 Å². The second-order valence-corrected chi connectivity index (χ2v) is 8.39. The summed E-state index contributed by atoms with van der Waals surface area (Å²) in [6.07, 6.45) is 4.20. The third-order valence-corrected chi connectivity index (χ3v) is 6.77. The summed E-state index contributed by atoms with van der Waals surface area (Å²) in [5.74, 6) is 1.05. The van der Waals surface area contributed by atoms with Gasteiger partial charge < -0.3 is 10.2 Å². The van der Waals surface area contributed by atoms with Gasteiger partial charge in [0, 0.05) is 19.1 Å². The Bertz CT molecular complexity index is 369. The first-order chi connectivity index (χ1) is 8.49. The predicted molar refractivity (Wildman–Crippen MR) is 74.5 cm³/mol. The van der Waals surface area contributed by atoms with Crippen molar-refractivity contribution in [2.45, 2.75) is 43.9 Å². The summed E-state index contributed by atoms with van der Waals surface area (Å²) in [4.78, 5) is 2.37. The third kappa shape index (κ3) is 3.45. The molecule has 0 radical (unpaired) electrons. The number of rotatable bonds is 4. The van der Waals surface area contributed by atoms with Crippen LogP contribution < -0.4 is 5.32 Å². The molecular weight excluding hydrogens is 248 g/mol. The molecule has 18 heavy (non-hydrogen) atoms. The van der Waals surface area contributed by atoms with E-state index in [0.717, 1.165) is 19.4 Å². The first-order valence-corrected chi connectivity index (χ1v) is 8.84. The van der Waals surface area contributed by atoms with Gasteiger partial charge in [0.05, 0.1) is 11.0 Å². The van der Waals surface area contributed by atoms with E-state index in [4.69, 9.17) is 0 Å². The Morgan fingerprint density at radius 2 is 2.11 bits per heavy atom. The average molecular weight is 274 g/mol. The van der Waals surface area contributed by atoms with Crippen LogP contribution in [0.2, 0.25) is 0 Å². The van der Waals surface area contributed by atoms with Crippen molar-refractivity contribution in [3.63, 3.8) is 0 Å². The van der Waals surface area contributed by atoms with Crippen molar-refractivity contribution in [3.8, 4) is 0 Å². The first kappa shape index (κ1) is 14.3. The van der Waals surface area contributed by atoms with Crippen molar-refractivity contribution in [3.05, 3.63) is 0 Å². The molecule has 2 rings (SSSR count). The fourth-order valence-corrected chi connectivity index (χ4v) is 4.96. The molecule has 0 aromatic rings. The van der Waals surface area contributed by atoms with Crippen molar-refractivity contribution in [1.29, 1.82) is 0 Å². The Hall–Kier alpha value is -0.130. The molecule has 0 spiro atoms. The van der Waals surface area contributed by atoms with Gasteiger partial charge in [-0.15, -0.1) is 0 Å². The Balaban J connectivity index is 1.79. The van der Waals surface area contributed by atoms with Gasteiger partial charge in [0.1, 0.15) is 0 Å². The molecule has 2 heterocycles. The van der Waals surface area contributed by atoms with Crippen molar-refractivity contribution in [2.75, 3.05) is 32.4 Å². The summed E-state index contributed by atoms with van der Waals surface area (Å²) in [6.45, 7) is 5.17. The van der Waals surface area contributed by atoms with Gasteiger partial charge >= 0.3 is 0 Å². The summed E-state index contributed by atoms with van der Waals surface area (Å²) in [5, 5.41) is 3.33. The number of sulfone groups is 1. The van der Waals surface area contributed by atoms with Gasteiger partial charge in [-0.05, 0) is 52.1 Å². The van der Waals surface area contributed by atoms with Gasteiger partial charge in [0.15, 0.2) is 9.84 Å².